The summed E-state index contributed by atoms with van der Waals surface area (Å²) in [6, 6.07) is 9.82. The number of piperidine rings is 1. The van der Waals surface area contributed by atoms with Crippen LogP contribution >= 0.6 is 0 Å². The molecule has 4 heteroatoms. The van der Waals surface area contributed by atoms with E-state index in [2.05, 4.69) is 0 Å². The molecule has 1 aliphatic heterocycles. The lowest BCUT2D eigenvalue weighted by atomic mass is 9.88. The second-order valence-corrected chi connectivity index (χ2v) is 4.52. The minimum atomic E-state index is -0.391. The molecule has 0 saturated carbocycles. The average Bonchev–Trinajstić information content (AvgIpc) is 2.40. The zero-order valence-electron chi connectivity index (χ0n) is 10.6. The second-order valence-electron chi connectivity index (χ2n) is 4.52. The Labute approximate surface area is 107 Å². The predicted octanol–water partition coefficient (Wildman–Crippen LogP) is 1.99. The molecule has 1 aromatic rings. The lowest BCUT2D eigenvalue weighted by Gasteiger charge is -2.35. The molecule has 2 rings (SSSR count). The summed E-state index contributed by atoms with van der Waals surface area (Å²) in [5, 5.41) is 10.1. The highest BCUT2D eigenvalue weighted by atomic mass is 16.6. The third kappa shape index (κ3) is 2.82. The Morgan fingerprint density at radius 2 is 2.17 bits per heavy atom. The van der Waals surface area contributed by atoms with E-state index < -0.39 is 6.10 Å². The zero-order valence-corrected chi connectivity index (χ0v) is 10.6. The van der Waals surface area contributed by atoms with Crippen LogP contribution in [-0.4, -0.2) is 41.9 Å². The van der Waals surface area contributed by atoms with Crippen molar-refractivity contribution >= 4 is 6.09 Å². The number of amides is 1. The third-order valence-electron chi connectivity index (χ3n) is 3.33. The van der Waals surface area contributed by atoms with Crippen molar-refractivity contribution in [1.82, 2.24) is 4.90 Å². The van der Waals surface area contributed by atoms with Crippen LogP contribution in [0.3, 0.4) is 0 Å². The van der Waals surface area contributed by atoms with Gasteiger partial charge in [-0.1, -0.05) is 30.3 Å². The maximum Gasteiger partial charge on any atom is 0.409 e. The van der Waals surface area contributed by atoms with E-state index in [4.69, 9.17) is 4.74 Å². The molecule has 0 radical (unpaired) electrons. The molecule has 1 aromatic carbocycles. The fraction of sp³-hybridized carbons (Fsp3) is 0.500. The van der Waals surface area contributed by atoms with Crippen molar-refractivity contribution in [2.45, 2.75) is 25.4 Å². The SMILES string of the molecule is CCOC(=O)N1CC[C@@H](O)[C@H](c2ccccc2)C1. The van der Waals surface area contributed by atoms with Gasteiger partial charge in [-0.3, -0.25) is 0 Å². The molecule has 0 aliphatic carbocycles. The molecule has 18 heavy (non-hydrogen) atoms. The summed E-state index contributed by atoms with van der Waals surface area (Å²) in [5.41, 5.74) is 1.07. The molecule has 1 aliphatic rings. The van der Waals surface area contributed by atoms with Crippen LogP contribution in [0.25, 0.3) is 0 Å². The first-order chi connectivity index (χ1) is 8.72. The van der Waals surface area contributed by atoms with Gasteiger partial charge in [-0.05, 0) is 18.9 Å². The van der Waals surface area contributed by atoms with Crippen LogP contribution in [-0.2, 0) is 4.74 Å². The van der Waals surface area contributed by atoms with Crippen LogP contribution in [0.5, 0.6) is 0 Å². The van der Waals surface area contributed by atoms with Crippen molar-refractivity contribution in [3.63, 3.8) is 0 Å². The molecular formula is C14H19NO3. The summed E-state index contributed by atoms with van der Waals surface area (Å²) in [5.74, 6) is -0.0237. The van der Waals surface area contributed by atoms with Crippen molar-refractivity contribution in [1.29, 1.82) is 0 Å². The molecule has 1 saturated heterocycles. The van der Waals surface area contributed by atoms with Crippen LogP contribution in [0.1, 0.15) is 24.8 Å². The number of hydrogen-bond donors (Lipinski definition) is 1. The minimum absolute atomic E-state index is 0.0237. The molecule has 4 nitrogen and oxygen atoms in total. The predicted molar refractivity (Wildman–Crippen MR) is 68.4 cm³/mol. The standard InChI is InChI=1S/C14H19NO3/c1-2-18-14(17)15-9-8-13(16)12(10-15)11-6-4-3-5-7-11/h3-7,12-13,16H,2,8-10H2,1H3/t12-,13+/m0/s1. The number of aliphatic hydroxyl groups is 1. The highest BCUT2D eigenvalue weighted by Gasteiger charge is 2.31. The van der Waals surface area contributed by atoms with E-state index in [0.29, 0.717) is 26.1 Å². The highest BCUT2D eigenvalue weighted by Crippen LogP contribution is 2.27. The van der Waals surface area contributed by atoms with Crippen molar-refractivity contribution in [3.05, 3.63) is 35.9 Å². The smallest absolute Gasteiger partial charge is 0.409 e. The van der Waals surface area contributed by atoms with Crippen LogP contribution < -0.4 is 0 Å². The van der Waals surface area contributed by atoms with Gasteiger partial charge in [0.1, 0.15) is 0 Å². The first kappa shape index (κ1) is 12.9. The van der Waals surface area contributed by atoms with E-state index in [1.807, 2.05) is 30.3 Å². The van der Waals surface area contributed by atoms with Gasteiger partial charge in [-0.2, -0.15) is 0 Å². The largest absolute Gasteiger partial charge is 0.450 e. The second kappa shape index (κ2) is 5.87. The highest BCUT2D eigenvalue weighted by molar-refractivity contribution is 5.67. The topological polar surface area (TPSA) is 49.8 Å². The van der Waals surface area contributed by atoms with Gasteiger partial charge in [0, 0.05) is 19.0 Å². The number of ether oxygens (including phenoxy) is 1. The lowest BCUT2D eigenvalue weighted by Crippen LogP contribution is -2.45. The number of benzene rings is 1. The van der Waals surface area contributed by atoms with Gasteiger partial charge < -0.3 is 14.7 Å². The number of hydrogen-bond acceptors (Lipinski definition) is 3. The molecule has 0 spiro atoms. The van der Waals surface area contributed by atoms with Gasteiger partial charge in [0.05, 0.1) is 12.7 Å². The fourth-order valence-corrected chi connectivity index (χ4v) is 2.35. The Balaban J connectivity index is 2.08. The van der Waals surface area contributed by atoms with Crippen molar-refractivity contribution in [2.75, 3.05) is 19.7 Å². The molecule has 98 valence electrons. The Morgan fingerprint density at radius 1 is 1.44 bits per heavy atom. The molecule has 0 unspecified atom stereocenters. The normalized spacial score (nSPS) is 23.8. The lowest BCUT2D eigenvalue weighted by molar-refractivity contribution is 0.0467. The van der Waals surface area contributed by atoms with Crippen molar-refractivity contribution in [2.24, 2.45) is 0 Å². The van der Waals surface area contributed by atoms with Gasteiger partial charge in [0.2, 0.25) is 0 Å². The Morgan fingerprint density at radius 3 is 2.83 bits per heavy atom. The van der Waals surface area contributed by atoms with Gasteiger partial charge in [0.25, 0.3) is 0 Å². The van der Waals surface area contributed by atoms with Crippen molar-refractivity contribution in [3.8, 4) is 0 Å². The molecular weight excluding hydrogens is 230 g/mol. The number of likely N-dealkylation sites (tertiary alicyclic amines) is 1. The number of nitrogens with zero attached hydrogens (tertiary/aromatic N) is 1. The summed E-state index contributed by atoms with van der Waals surface area (Å²) in [4.78, 5) is 13.4. The third-order valence-corrected chi connectivity index (χ3v) is 3.33. The van der Waals surface area contributed by atoms with Crippen LogP contribution in [0.2, 0.25) is 0 Å². The summed E-state index contributed by atoms with van der Waals surface area (Å²) < 4.78 is 5.01. The Kier molecular flexibility index (Phi) is 4.20. The monoisotopic (exact) mass is 249 g/mol. The average molecular weight is 249 g/mol. The van der Waals surface area contributed by atoms with Crippen LogP contribution in [0, 0.1) is 0 Å². The quantitative estimate of drug-likeness (QED) is 0.872. The maximum atomic E-state index is 11.7. The van der Waals surface area contributed by atoms with Crippen LogP contribution in [0.4, 0.5) is 4.79 Å². The molecule has 1 amide bonds. The first-order valence-corrected chi connectivity index (χ1v) is 6.37. The summed E-state index contributed by atoms with van der Waals surface area (Å²) >= 11 is 0. The number of carbonyl (C=O) groups is 1. The van der Waals surface area contributed by atoms with E-state index in [1.54, 1.807) is 11.8 Å². The molecule has 1 heterocycles. The molecule has 1 N–H and O–H groups in total. The molecule has 0 bridgehead atoms. The summed E-state index contributed by atoms with van der Waals surface area (Å²) in [6.07, 6.45) is -0.0818. The number of aliphatic hydroxyl groups excluding tert-OH is 1. The molecule has 2 atom stereocenters. The van der Waals surface area contributed by atoms with E-state index in [-0.39, 0.29) is 12.0 Å². The van der Waals surface area contributed by atoms with Gasteiger partial charge in [0.15, 0.2) is 0 Å². The van der Waals surface area contributed by atoms with E-state index >= 15 is 0 Å². The van der Waals surface area contributed by atoms with Crippen LogP contribution in [0.15, 0.2) is 30.3 Å². The molecule has 0 aromatic heterocycles. The Hall–Kier alpha value is -1.55. The number of carbonyl (C=O) groups excluding carboxylic acids is 1. The summed E-state index contributed by atoms with van der Waals surface area (Å²) in [6.45, 7) is 3.26. The van der Waals surface area contributed by atoms with Gasteiger partial charge in [-0.15, -0.1) is 0 Å². The Bertz CT molecular complexity index is 393. The fourth-order valence-electron chi connectivity index (χ4n) is 2.35. The zero-order chi connectivity index (χ0) is 13.0. The van der Waals surface area contributed by atoms with Crippen molar-refractivity contribution < 1.29 is 14.6 Å². The number of rotatable bonds is 2. The summed E-state index contributed by atoms with van der Waals surface area (Å²) in [7, 11) is 0. The van der Waals surface area contributed by atoms with Gasteiger partial charge in [-0.25, -0.2) is 4.79 Å². The first-order valence-electron chi connectivity index (χ1n) is 6.37. The minimum Gasteiger partial charge on any atom is -0.450 e. The molecule has 1 fully saturated rings. The maximum absolute atomic E-state index is 11.7. The van der Waals surface area contributed by atoms with E-state index in [1.165, 1.54) is 0 Å². The van der Waals surface area contributed by atoms with E-state index in [0.717, 1.165) is 5.56 Å². The van der Waals surface area contributed by atoms with E-state index in [9.17, 15) is 9.90 Å². The van der Waals surface area contributed by atoms with Gasteiger partial charge >= 0.3 is 6.09 Å².